The van der Waals surface area contributed by atoms with Crippen LogP contribution in [0.5, 0.6) is 0 Å². The van der Waals surface area contributed by atoms with E-state index in [1.54, 1.807) is 0 Å². The summed E-state index contributed by atoms with van der Waals surface area (Å²) >= 11 is 0. The second kappa shape index (κ2) is 5.76. The molecule has 0 aliphatic carbocycles. The van der Waals surface area contributed by atoms with E-state index in [0.717, 1.165) is 0 Å². The highest BCUT2D eigenvalue weighted by atomic mass is 31.2. The molecule has 1 N–H and O–H groups in total. The van der Waals surface area contributed by atoms with Crippen LogP contribution in [0.2, 0.25) is 0 Å². The van der Waals surface area contributed by atoms with Crippen molar-refractivity contribution in [2.75, 3.05) is 25.5 Å². The molecular formula is C7H17O3P. The van der Waals surface area contributed by atoms with Crippen LogP contribution in [0.1, 0.15) is 20.3 Å². The highest BCUT2D eigenvalue weighted by molar-refractivity contribution is 7.58. The van der Waals surface area contributed by atoms with Crippen LogP contribution in [0.3, 0.4) is 0 Å². The lowest BCUT2D eigenvalue weighted by atomic mass is 10.5. The minimum Gasteiger partial charge on any atom is -0.396 e. The molecule has 3 nitrogen and oxygen atoms in total. The first-order valence-electron chi connectivity index (χ1n) is 4.02. The number of aliphatic hydroxyl groups is 1. The van der Waals surface area contributed by atoms with Gasteiger partial charge in [-0.05, 0) is 13.3 Å². The molecule has 0 amide bonds. The second-order valence-corrected chi connectivity index (χ2v) is 5.32. The molecule has 0 bridgehead atoms. The highest BCUT2D eigenvalue weighted by Gasteiger charge is 2.18. The Morgan fingerprint density at radius 2 is 2.09 bits per heavy atom. The molecule has 11 heavy (non-hydrogen) atoms. The van der Waals surface area contributed by atoms with Gasteiger partial charge in [-0.15, -0.1) is 0 Å². The van der Waals surface area contributed by atoms with Gasteiger partial charge in [0.1, 0.15) is 0 Å². The van der Waals surface area contributed by atoms with Gasteiger partial charge in [-0.1, -0.05) is 6.92 Å². The van der Waals surface area contributed by atoms with Gasteiger partial charge in [-0.25, -0.2) is 0 Å². The van der Waals surface area contributed by atoms with Crippen molar-refractivity contribution >= 4 is 7.37 Å². The first-order valence-corrected chi connectivity index (χ1v) is 6.01. The summed E-state index contributed by atoms with van der Waals surface area (Å²) in [6.45, 7) is 4.28. The molecule has 0 aliphatic rings. The molecule has 4 heteroatoms. The molecule has 0 fully saturated rings. The summed E-state index contributed by atoms with van der Waals surface area (Å²) in [5.41, 5.74) is 0. The van der Waals surface area contributed by atoms with E-state index >= 15 is 0 Å². The van der Waals surface area contributed by atoms with Crippen molar-refractivity contribution in [1.82, 2.24) is 0 Å². The van der Waals surface area contributed by atoms with Crippen molar-refractivity contribution < 1.29 is 14.2 Å². The summed E-state index contributed by atoms with van der Waals surface area (Å²) in [6.07, 6.45) is 1.65. The Kier molecular flexibility index (Phi) is 5.83. The fourth-order valence-electron chi connectivity index (χ4n) is 0.861. The molecule has 0 heterocycles. The maximum absolute atomic E-state index is 11.6. The molecule has 0 rings (SSSR count). The van der Waals surface area contributed by atoms with Crippen molar-refractivity contribution in [3.63, 3.8) is 0 Å². The predicted octanol–water partition coefficient (Wildman–Crippen LogP) is 1.70. The minimum atomic E-state index is -2.38. The van der Waals surface area contributed by atoms with E-state index in [0.29, 0.717) is 25.4 Å². The summed E-state index contributed by atoms with van der Waals surface area (Å²) in [4.78, 5) is 0. The zero-order chi connectivity index (χ0) is 8.74. The van der Waals surface area contributed by atoms with Crippen LogP contribution in [0.4, 0.5) is 0 Å². The van der Waals surface area contributed by atoms with E-state index in [-0.39, 0.29) is 6.61 Å². The first kappa shape index (κ1) is 11.2. The van der Waals surface area contributed by atoms with Gasteiger partial charge in [0, 0.05) is 18.9 Å². The van der Waals surface area contributed by atoms with Crippen LogP contribution in [0, 0.1) is 0 Å². The Bertz CT molecular complexity index is 136. The Morgan fingerprint density at radius 1 is 1.45 bits per heavy atom. The number of hydrogen-bond acceptors (Lipinski definition) is 3. The lowest BCUT2D eigenvalue weighted by molar-refractivity contribution is 0.288. The zero-order valence-corrected chi connectivity index (χ0v) is 8.14. The average molecular weight is 180 g/mol. The Balaban J connectivity index is 3.79. The van der Waals surface area contributed by atoms with Crippen molar-refractivity contribution in [3.8, 4) is 0 Å². The van der Waals surface area contributed by atoms with Gasteiger partial charge in [0.15, 0.2) is 0 Å². The number of rotatable bonds is 6. The van der Waals surface area contributed by atoms with E-state index in [4.69, 9.17) is 9.63 Å². The first-order chi connectivity index (χ1) is 5.18. The molecule has 0 aromatic carbocycles. The van der Waals surface area contributed by atoms with Gasteiger partial charge >= 0.3 is 0 Å². The smallest absolute Gasteiger partial charge is 0.202 e. The van der Waals surface area contributed by atoms with E-state index in [1.807, 2.05) is 13.8 Å². The van der Waals surface area contributed by atoms with Gasteiger partial charge < -0.3 is 9.63 Å². The van der Waals surface area contributed by atoms with Crippen LogP contribution in [0.15, 0.2) is 0 Å². The molecule has 0 spiro atoms. The van der Waals surface area contributed by atoms with Crippen molar-refractivity contribution in [2.45, 2.75) is 20.3 Å². The van der Waals surface area contributed by atoms with Crippen LogP contribution in [-0.2, 0) is 9.09 Å². The third kappa shape index (κ3) is 4.57. The third-order valence-corrected chi connectivity index (χ3v) is 4.19. The van der Waals surface area contributed by atoms with Crippen LogP contribution >= 0.6 is 7.37 Å². The van der Waals surface area contributed by atoms with E-state index in [1.165, 1.54) is 0 Å². The molecule has 0 aromatic rings. The van der Waals surface area contributed by atoms with Gasteiger partial charge in [-0.2, -0.15) is 0 Å². The molecule has 68 valence electrons. The molecule has 1 unspecified atom stereocenters. The minimum absolute atomic E-state index is 0.0943. The van der Waals surface area contributed by atoms with E-state index in [2.05, 4.69) is 0 Å². The fourth-order valence-corrected chi connectivity index (χ4v) is 2.58. The SMILES string of the molecule is CCOP(=O)(CC)CCCO. The zero-order valence-electron chi connectivity index (χ0n) is 7.25. The summed E-state index contributed by atoms with van der Waals surface area (Å²) in [5.74, 6) is 0. The van der Waals surface area contributed by atoms with Gasteiger partial charge in [0.25, 0.3) is 0 Å². The standard InChI is InChI=1S/C7H17O3P/c1-3-10-11(9,4-2)7-5-6-8/h8H,3-7H2,1-2H3. The van der Waals surface area contributed by atoms with Crippen LogP contribution in [0.25, 0.3) is 0 Å². The van der Waals surface area contributed by atoms with E-state index < -0.39 is 7.37 Å². The van der Waals surface area contributed by atoms with Crippen LogP contribution < -0.4 is 0 Å². The summed E-state index contributed by atoms with van der Waals surface area (Å²) in [7, 11) is -2.38. The normalized spacial score (nSPS) is 16.3. The largest absolute Gasteiger partial charge is 0.396 e. The second-order valence-electron chi connectivity index (χ2n) is 2.35. The monoisotopic (exact) mass is 180 g/mol. The molecule has 0 saturated heterocycles. The Hall–Kier alpha value is 0.150. The quantitative estimate of drug-likeness (QED) is 0.633. The summed E-state index contributed by atoms with van der Waals surface area (Å²) < 4.78 is 16.7. The van der Waals surface area contributed by atoms with Crippen molar-refractivity contribution in [3.05, 3.63) is 0 Å². The lowest BCUT2D eigenvalue weighted by Crippen LogP contribution is -1.99. The predicted molar refractivity (Wildman–Crippen MR) is 46.3 cm³/mol. The molecule has 0 saturated carbocycles. The average Bonchev–Trinajstić information content (AvgIpc) is 2.02. The van der Waals surface area contributed by atoms with Crippen LogP contribution in [-0.4, -0.2) is 30.6 Å². The highest BCUT2D eigenvalue weighted by Crippen LogP contribution is 2.46. The molecule has 1 atom stereocenters. The number of aliphatic hydroxyl groups excluding tert-OH is 1. The maximum atomic E-state index is 11.6. The van der Waals surface area contributed by atoms with Gasteiger partial charge in [0.05, 0.1) is 6.61 Å². The third-order valence-electron chi connectivity index (χ3n) is 1.50. The fraction of sp³-hybridized carbons (Fsp3) is 1.00. The van der Waals surface area contributed by atoms with Gasteiger partial charge in [-0.3, -0.25) is 4.57 Å². The van der Waals surface area contributed by atoms with Crippen molar-refractivity contribution in [2.24, 2.45) is 0 Å². The van der Waals surface area contributed by atoms with Gasteiger partial charge in [0.2, 0.25) is 7.37 Å². The van der Waals surface area contributed by atoms with Crippen molar-refractivity contribution in [1.29, 1.82) is 0 Å². The Morgan fingerprint density at radius 3 is 2.45 bits per heavy atom. The lowest BCUT2D eigenvalue weighted by Gasteiger charge is -2.14. The molecule has 0 aromatic heterocycles. The summed E-state index contributed by atoms with van der Waals surface area (Å²) in [5, 5.41) is 8.52. The number of hydrogen-bond donors (Lipinski definition) is 1. The maximum Gasteiger partial charge on any atom is 0.202 e. The summed E-state index contributed by atoms with van der Waals surface area (Å²) in [6, 6.07) is 0. The Labute approximate surface area is 68.2 Å². The molecular weight excluding hydrogens is 163 g/mol. The molecule has 0 aliphatic heterocycles. The topological polar surface area (TPSA) is 46.5 Å². The molecule has 0 radical (unpaired) electrons. The van der Waals surface area contributed by atoms with E-state index in [9.17, 15) is 4.57 Å².